The van der Waals surface area contributed by atoms with E-state index < -0.39 is 5.60 Å². The zero-order chi connectivity index (χ0) is 10.4. The predicted molar refractivity (Wildman–Crippen MR) is 55.9 cm³/mol. The number of methoxy groups -OCH3 is 1. The first-order valence-corrected chi connectivity index (χ1v) is 4.70. The standard InChI is InChI=1S/C11H17NO2/c1-14-9-11(13,7-8-12)10-5-3-2-4-6-10/h2-6,13H,7-9,12H2,1H3. The fourth-order valence-corrected chi connectivity index (χ4v) is 1.53. The van der Waals surface area contributed by atoms with Crippen molar-refractivity contribution in [2.24, 2.45) is 5.73 Å². The molecule has 0 spiro atoms. The average molecular weight is 195 g/mol. The van der Waals surface area contributed by atoms with E-state index in [4.69, 9.17) is 10.5 Å². The lowest BCUT2D eigenvalue weighted by atomic mass is 9.91. The maximum Gasteiger partial charge on any atom is 0.114 e. The molecule has 0 aliphatic heterocycles. The molecule has 14 heavy (non-hydrogen) atoms. The van der Waals surface area contributed by atoms with Crippen LogP contribution in [-0.2, 0) is 10.3 Å². The number of nitrogens with two attached hydrogens (primary N) is 1. The molecule has 1 atom stereocenters. The van der Waals surface area contributed by atoms with E-state index in [-0.39, 0.29) is 6.61 Å². The Morgan fingerprint density at radius 1 is 1.36 bits per heavy atom. The average Bonchev–Trinajstić information content (AvgIpc) is 2.20. The van der Waals surface area contributed by atoms with Crippen LogP contribution >= 0.6 is 0 Å². The molecule has 3 nitrogen and oxygen atoms in total. The number of ether oxygens (including phenoxy) is 1. The molecule has 3 N–H and O–H groups in total. The van der Waals surface area contributed by atoms with E-state index in [2.05, 4.69) is 0 Å². The molecule has 0 radical (unpaired) electrons. The second kappa shape index (κ2) is 5.10. The first-order valence-electron chi connectivity index (χ1n) is 4.70. The second-order valence-corrected chi connectivity index (χ2v) is 3.37. The summed E-state index contributed by atoms with van der Waals surface area (Å²) in [6, 6.07) is 9.47. The van der Waals surface area contributed by atoms with Crippen molar-refractivity contribution in [3.63, 3.8) is 0 Å². The number of hydrogen-bond acceptors (Lipinski definition) is 3. The molecule has 1 unspecified atom stereocenters. The minimum Gasteiger partial charge on any atom is -0.383 e. The monoisotopic (exact) mass is 195 g/mol. The van der Waals surface area contributed by atoms with E-state index >= 15 is 0 Å². The molecule has 1 aromatic carbocycles. The van der Waals surface area contributed by atoms with Gasteiger partial charge in [-0.05, 0) is 18.5 Å². The summed E-state index contributed by atoms with van der Waals surface area (Å²) in [5, 5.41) is 10.3. The van der Waals surface area contributed by atoms with E-state index in [0.717, 1.165) is 5.56 Å². The van der Waals surface area contributed by atoms with Crippen LogP contribution in [0.1, 0.15) is 12.0 Å². The van der Waals surface area contributed by atoms with E-state index in [9.17, 15) is 5.11 Å². The minimum atomic E-state index is -0.954. The third-order valence-corrected chi connectivity index (χ3v) is 2.25. The lowest BCUT2D eigenvalue weighted by Gasteiger charge is -2.27. The van der Waals surface area contributed by atoms with Crippen LogP contribution < -0.4 is 5.73 Å². The third-order valence-electron chi connectivity index (χ3n) is 2.25. The van der Waals surface area contributed by atoms with Crippen LogP contribution in [0.4, 0.5) is 0 Å². The highest BCUT2D eigenvalue weighted by Crippen LogP contribution is 2.24. The molecule has 0 fully saturated rings. The topological polar surface area (TPSA) is 55.5 Å². The summed E-state index contributed by atoms with van der Waals surface area (Å²) in [5.74, 6) is 0. The summed E-state index contributed by atoms with van der Waals surface area (Å²) < 4.78 is 5.01. The lowest BCUT2D eigenvalue weighted by Crippen LogP contribution is -2.33. The number of hydrogen-bond donors (Lipinski definition) is 2. The van der Waals surface area contributed by atoms with Gasteiger partial charge in [0.25, 0.3) is 0 Å². The largest absolute Gasteiger partial charge is 0.383 e. The molecular formula is C11H17NO2. The van der Waals surface area contributed by atoms with Gasteiger partial charge in [0.15, 0.2) is 0 Å². The molecule has 0 saturated heterocycles. The van der Waals surface area contributed by atoms with Crippen LogP contribution in [-0.4, -0.2) is 25.4 Å². The molecule has 0 aliphatic carbocycles. The van der Waals surface area contributed by atoms with Crippen molar-refractivity contribution in [3.8, 4) is 0 Å². The Bertz CT molecular complexity index is 255. The first-order chi connectivity index (χ1) is 6.73. The first kappa shape index (κ1) is 11.2. The highest BCUT2D eigenvalue weighted by Gasteiger charge is 2.27. The van der Waals surface area contributed by atoms with Crippen LogP contribution in [0, 0.1) is 0 Å². The number of benzene rings is 1. The van der Waals surface area contributed by atoms with Crippen LogP contribution in [0.25, 0.3) is 0 Å². The SMILES string of the molecule is COCC(O)(CCN)c1ccccc1. The molecule has 1 aromatic rings. The number of rotatable bonds is 5. The van der Waals surface area contributed by atoms with Gasteiger partial charge in [0, 0.05) is 7.11 Å². The van der Waals surface area contributed by atoms with Crippen molar-refractivity contribution in [1.29, 1.82) is 0 Å². The highest BCUT2D eigenvalue weighted by atomic mass is 16.5. The maximum absolute atomic E-state index is 10.3. The zero-order valence-corrected chi connectivity index (χ0v) is 8.44. The van der Waals surface area contributed by atoms with Crippen molar-refractivity contribution in [1.82, 2.24) is 0 Å². The van der Waals surface area contributed by atoms with Crippen molar-refractivity contribution in [2.45, 2.75) is 12.0 Å². The van der Waals surface area contributed by atoms with Crippen LogP contribution in [0.15, 0.2) is 30.3 Å². The minimum absolute atomic E-state index is 0.272. The van der Waals surface area contributed by atoms with E-state index in [0.29, 0.717) is 13.0 Å². The predicted octanol–water partition coefficient (Wildman–Crippen LogP) is 0.869. The Labute approximate surface area is 84.5 Å². The van der Waals surface area contributed by atoms with E-state index in [1.54, 1.807) is 7.11 Å². The molecule has 0 heterocycles. The van der Waals surface area contributed by atoms with Gasteiger partial charge in [0.05, 0.1) is 6.61 Å². The van der Waals surface area contributed by atoms with Gasteiger partial charge in [-0.2, -0.15) is 0 Å². The third kappa shape index (κ3) is 2.54. The molecule has 3 heteroatoms. The normalized spacial score (nSPS) is 15.1. The fraction of sp³-hybridized carbons (Fsp3) is 0.455. The molecule has 1 rings (SSSR count). The molecule has 0 aliphatic rings. The Balaban J connectivity index is 2.87. The Kier molecular flexibility index (Phi) is 4.07. The zero-order valence-electron chi connectivity index (χ0n) is 8.44. The lowest BCUT2D eigenvalue weighted by molar-refractivity contribution is -0.0402. The summed E-state index contributed by atoms with van der Waals surface area (Å²) in [6.07, 6.45) is 0.505. The summed E-state index contributed by atoms with van der Waals surface area (Å²) in [4.78, 5) is 0. The smallest absolute Gasteiger partial charge is 0.114 e. The summed E-state index contributed by atoms with van der Waals surface area (Å²) in [5.41, 5.74) is 5.37. The number of aliphatic hydroxyl groups is 1. The van der Waals surface area contributed by atoms with Gasteiger partial charge in [0.1, 0.15) is 5.60 Å². The van der Waals surface area contributed by atoms with E-state index in [1.165, 1.54) is 0 Å². The Morgan fingerprint density at radius 3 is 2.50 bits per heavy atom. The van der Waals surface area contributed by atoms with Gasteiger partial charge in [-0.1, -0.05) is 30.3 Å². The molecule has 0 bridgehead atoms. The molecule has 78 valence electrons. The Morgan fingerprint density at radius 2 is 2.00 bits per heavy atom. The molecule has 0 aromatic heterocycles. The van der Waals surface area contributed by atoms with Crippen LogP contribution in [0.5, 0.6) is 0 Å². The second-order valence-electron chi connectivity index (χ2n) is 3.37. The summed E-state index contributed by atoms with van der Waals surface area (Å²) in [6.45, 7) is 0.711. The van der Waals surface area contributed by atoms with Crippen LogP contribution in [0.2, 0.25) is 0 Å². The highest BCUT2D eigenvalue weighted by molar-refractivity contribution is 5.22. The van der Waals surface area contributed by atoms with Crippen molar-refractivity contribution < 1.29 is 9.84 Å². The van der Waals surface area contributed by atoms with Gasteiger partial charge in [-0.25, -0.2) is 0 Å². The van der Waals surface area contributed by atoms with Gasteiger partial charge >= 0.3 is 0 Å². The fourth-order valence-electron chi connectivity index (χ4n) is 1.53. The van der Waals surface area contributed by atoms with Gasteiger partial charge in [0.2, 0.25) is 0 Å². The van der Waals surface area contributed by atoms with Gasteiger partial charge in [-0.3, -0.25) is 0 Å². The summed E-state index contributed by atoms with van der Waals surface area (Å²) >= 11 is 0. The van der Waals surface area contributed by atoms with E-state index in [1.807, 2.05) is 30.3 Å². The molecule has 0 amide bonds. The van der Waals surface area contributed by atoms with Crippen molar-refractivity contribution in [3.05, 3.63) is 35.9 Å². The van der Waals surface area contributed by atoms with Gasteiger partial charge in [-0.15, -0.1) is 0 Å². The van der Waals surface area contributed by atoms with Crippen molar-refractivity contribution >= 4 is 0 Å². The van der Waals surface area contributed by atoms with Crippen LogP contribution in [0.3, 0.4) is 0 Å². The molecule has 0 saturated carbocycles. The quantitative estimate of drug-likeness (QED) is 0.733. The van der Waals surface area contributed by atoms with Crippen molar-refractivity contribution in [2.75, 3.05) is 20.3 Å². The van der Waals surface area contributed by atoms with Gasteiger partial charge < -0.3 is 15.6 Å². The maximum atomic E-state index is 10.3. The Hall–Kier alpha value is -0.900. The summed E-state index contributed by atoms with van der Waals surface area (Å²) in [7, 11) is 1.57. The molecular weight excluding hydrogens is 178 g/mol.